The van der Waals surface area contributed by atoms with Gasteiger partial charge in [-0.1, -0.05) is 18.6 Å². The lowest BCUT2D eigenvalue weighted by Gasteiger charge is -2.10. The highest BCUT2D eigenvalue weighted by Gasteiger charge is 2.17. The predicted octanol–water partition coefficient (Wildman–Crippen LogP) is 4.52. The summed E-state index contributed by atoms with van der Waals surface area (Å²) in [5.41, 5.74) is 1.69. The van der Waals surface area contributed by atoms with Gasteiger partial charge in [-0.15, -0.1) is 10.2 Å². The fraction of sp³-hybridized carbons (Fsp3) is 0.318. The van der Waals surface area contributed by atoms with Crippen molar-refractivity contribution in [3.05, 3.63) is 65.5 Å². The maximum atomic E-state index is 14.3. The van der Waals surface area contributed by atoms with E-state index in [1.807, 2.05) is 0 Å². The number of hydrogen-bond donors (Lipinski definition) is 1. The van der Waals surface area contributed by atoms with Crippen LogP contribution < -0.4 is 5.32 Å². The van der Waals surface area contributed by atoms with E-state index in [-0.39, 0.29) is 23.8 Å². The molecule has 2 aromatic carbocycles. The fourth-order valence-corrected chi connectivity index (χ4v) is 3.58. The van der Waals surface area contributed by atoms with E-state index < -0.39 is 5.82 Å². The van der Waals surface area contributed by atoms with Gasteiger partial charge in [0.1, 0.15) is 17.5 Å². The Labute approximate surface area is 167 Å². The van der Waals surface area contributed by atoms with Crippen LogP contribution >= 0.6 is 0 Å². The second-order valence-electron chi connectivity index (χ2n) is 7.27. The smallest absolute Gasteiger partial charge is 0.224 e. The van der Waals surface area contributed by atoms with Gasteiger partial charge < -0.3 is 9.88 Å². The van der Waals surface area contributed by atoms with Crippen molar-refractivity contribution in [3.63, 3.8) is 0 Å². The Kier molecular flexibility index (Phi) is 5.64. The SMILES string of the molecule is O=C(CCc1ccc(F)cc1)Nc1cc(-c2nnc3n2CCCCC3)ccc1F. The van der Waals surface area contributed by atoms with Gasteiger partial charge in [-0.25, -0.2) is 8.78 Å². The second kappa shape index (κ2) is 8.51. The summed E-state index contributed by atoms with van der Waals surface area (Å²) in [5.74, 6) is 0.531. The van der Waals surface area contributed by atoms with Gasteiger partial charge in [0, 0.05) is 24.9 Å². The van der Waals surface area contributed by atoms with Gasteiger partial charge in [-0.05, 0) is 55.2 Å². The number of halogens is 2. The van der Waals surface area contributed by atoms with E-state index in [1.54, 1.807) is 24.3 Å². The normalized spacial score (nSPS) is 13.6. The minimum Gasteiger partial charge on any atom is -0.324 e. The molecule has 1 aliphatic rings. The zero-order valence-electron chi connectivity index (χ0n) is 16.0. The van der Waals surface area contributed by atoms with E-state index in [0.29, 0.717) is 12.2 Å². The molecular formula is C22H22F2N4O. The van der Waals surface area contributed by atoms with Crippen molar-refractivity contribution in [2.24, 2.45) is 0 Å². The molecular weight excluding hydrogens is 374 g/mol. The Morgan fingerprint density at radius 3 is 2.69 bits per heavy atom. The van der Waals surface area contributed by atoms with Crippen LogP contribution in [-0.2, 0) is 24.2 Å². The fourth-order valence-electron chi connectivity index (χ4n) is 3.58. The number of amides is 1. The molecule has 0 spiro atoms. The average Bonchev–Trinajstić information content (AvgIpc) is 2.97. The van der Waals surface area contributed by atoms with Gasteiger partial charge in [-0.2, -0.15) is 0 Å². The number of fused-ring (bicyclic) bond motifs is 1. The molecule has 0 saturated heterocycles. The molecule has 0 fully saturated rings. The van der Waals surface area contributed by atoms with Gasteiger partial charge in [0.2, 0.25) is 5.91 Å². The van der Waals surface area contributed by atoms with Crippen molar-refractivity contribution >= 4 is 11.6 Å². The van der Waals surface area contributed by atoms with Crippen LogP contribution in [0.4, 0.5) is 14.5 Å². The standard InChI is InChI=1S/C22H22F2N4O/c23-17-9-5-15(6-10-17)7-12-21(29)25-19-14-16(8-11-18(19)24)22-27-26-20-4-2-1-3-13-28(20)22/h5-6,8-11,14H,1-4,7,12-13H2,(H,25,29). The Bertz CT molecular complexity index is 1010. The van der Waals surface area contributed by atoms with E-state index in [9.17, 15) is 13.6 Å². The first-order valence-electron chi connectivity index (χ1n) is 9.86. The summed E-state index contributed by atoms with van der Waals surface area (Å²) in [4.78, 5) is 12.3. The monoisotopic (exact) mass is 396 g/mol. The minimum atomic E-state index is -0.500. The van der Waals surface area contributed by atoms with E-state index in [2.05, 4.69) is 20.1 Å². The number of nitrogens with zero attached hydrogens (tertiary/aromatic N) is 3. The van der Waals surface area contributed by atoms with Gasteiger partial charge in [0.15, 0.2) is 5.82 Å². The van der Waals surface area contributed by atoms with Crippen LogP contribution in [0.1, 0.15) is 37.1 Å². The Morgan fingerprint density at radius 1 is 1.03 bits per heavy atom. The molecule has 1 aliphatic heterocycles. The highest BCUT2D eigenvalue weighted by atomic mass is 19.1. The summed E-state index contributed by atoms with van der Waals surface area (Å²) in [6.07, 6.45) is 4.83. The van der Waals surface area contributed by atoms with Crippen molar-refractivity contribution in [1.82, 2.24) is 14.8 Å². The number of rotatable bonds is 5. The highest BCUT2D eigenvalue weighted by molar-refractivity contribution is 5.91. The molecule has 0 atom stereocenters. The third-order valence-corrected chi connectivity index (χ3v) is 5.16. The first-order valence-corrected chi connectivity index (χ1v) is 9.86. The number of anilines is 1. The van der Waals surface area contributed by atoms with Gasteiger partial charge in [0.25, 0.3) is 0 Å². The lowest BCUT2D eigenvalue weighted by molar-refractivity contribution is -0.116. The van der Waals surface area contributed by atoms with E-state index in [1.165, 1.54) is 18.2 Å². The van der Waals surface area contributed by atoms with Crippen molar-refractivity contribution in [1.29, 1.82) is 0 Å². The summed E-state index contributed by atoms with van der Waals surface area (Å²) in [6.45, 7) is 0.842. The van der Waals surface area contributed by atoms with Crippen LogP contribution in [0.5, 0.6) is 0 Å². The summed E-state index contributed by atoms with van der Waals surface area (Å²) in [6, 6.07) is 10.6. The molecule has 1 amide bonds. The molecule has 1 aromatic heterocycles. The second-order valence-corrected chi connectivity index (χ2v) is 7.27. The molecule has 0 bridgehead atoms. The van der Waals surface area contributed by atoms with Gasteiger partial charge >= 0.3 is 0 Å². The first-order chi connectivity index (χ1) is 14.1. The molecule has 0 radical (unpaired) electrons. The minimum absolute atomic E-state index is 0.123. The molecule has 4 rings (SSSR count). The predicted molar refractivity (Wildman–Crippen MR) is 106 cm³/mol. The number of carbonyl (C=O) groups is 1. The maximum Gasteiger partial charge on any atom is 0.224 e. The number of benzene rings is 2. The first kappa shape index (κ1) is 19.2. The Hall–Kier alpha value is -3.09. The summed E-state index contributed by atoms with van der Waals surface area (Å²) >= 11 is 0. The van der Waals surface area contributed by atoms with E-state index >= 15 is 0 Å². The third-order valence-electron chi connectivity index (χ3n) is 5.16. The van der Waals surface area contributed by atoms with E-state index in [4.69, 9.17) is 0 Å². The molecule has 7 heteroatoms. The topological polar surface area (TPSA) is 59.8 Å². The van der Waals surface area contributed by atoms with Crippen LogP contribution in [0, 0.1) is 11.6 Å². The van der Waals surface area contributed by atoms with Gasteiger partial charge in [-0.3, -0.25) is 4.79 Å². The number of carbonyl (C=O) groups excluding carboxylic acids is 1. The molecule has 1 N–H and O–H groups in total. The van der Waals surface area contributed by atoms with E-state index in [0.717, 1.165) is 49.2 Å². The van der Waals surface area contributed by atoms with Crippen LogP contribution in [0.2, 0.25) is 0 Å². The lowest BCUT2D eigenvalue weighted by Crippen LogP contribution is -2.13. The summed E-state index contributed by atoms with van der Waals surface area (Å²) < 4.78 is 29.3. The van der Waals surface area contributed by atoms with Crippen LogP contribution in [-0.4, -0.2) is 20.7 Å². The average molecular weight is 396 g/mol. The van der Waals surface area contributed by atoms with Gasteiger partial charge in [0.05, 0.1) is 5.69 Å². The Morgan fingerprint density at radius 2 is 1.86 bits per heavy atom. The molecule has 0 saturated carbocycles. The highest BCUT2D eigenvalue weighted by Crippen LogP contribution is 2.26. The largest absolute Gasteiger partial charge is 0.324 e. The van der Waals surface area contributed by atoms with Crippen LogP contribution in [0.25, 0.3) is 11.4 Å². The lowest BCUT2D eigenvalue weighted by atomic mass is 10.1. The van der Waals surface area contributed by atoms with Crippen LogP contribution in [0.3, 0.4) is 0 Å². The molecule has 2 heterocycles. The Balaban J connectivity index is 1.48. The number of aromatic nitrogens is 3. The number of hydrogen-bond acceptors (Lipinski definition) is 3. The molecule has 5 nitrogen and oxygen atoms in total. The van der Waals surface area contributed by atoms with Crippen molar-refractivity contribution in [2.45, 2.75) is 45.1 Å². The summed E-state index contributed by atoms with van der Waals surface area (Å²) in [5, 5.41) is 11.2. The van der Waals surface area contributed by atoms with Crippen molar-refractivity contribution in [2.75, 3.05) is 5.32 Å². The quantitative estimate of drug-likeness (QED) is 0.690. The zero-order chi connectivity index (χ0) is 20.2. The zero-order valence-corrected chi connectivity index (χ0v) is 16.0. The van der Waals surface area contributed by atoms with Crippen molar-refractivity contribution in [3.8, 4) is 11.4 Å². The molecule has 0 aliphatic carbocycles. The third kappa shape index (κ3) is 4.50. The number of nitrogens with one attached hydrogen (secondary N) is 1. The molecule has 150 valence electrons. The molecule has 3 aromatic rings. The number of aryl methyl sites for hydroxylation is 2. The van der Waals surface area contributed by atoms with Crippen molar-refractivity contribution < 1.29 is 13.6 Å². The summed E-state index contributed by atoms with van der Waals surface area (Å²) in [7, 11) is 0. The molecule has 0 unspecified atom stereocenters. The van der Waals surface area contributed by atoms with Crippen LogP contribution in [0.15, 0.2) is 42.5 Å². The molecule has 29 heavy (non-hydrogen) atoms. The maximum absolute atomic E-state index is 14.3.